The van der Waals surface area contributed by atoms with Gasteiger partial charge in [-0.3, -0.25) is 4.40 Å². The largest absolute Gasteiger partial charge is 0.465 e. The minimum Gasteiger partial charge on any atom is -0.465 e. The van der Waals surface area contributed by atoms with Crippen molar-refractivity contribution < 1.29 is 19.5 Å². The van der Waals surface area contributed by atoms with Crippen LogP contribution in [0.3, 0.4) is 0 Å². The summed E-state index contributed by atoms with van der Waals surface area (Å²) in [5.41, 5.74) is 0.495. The van der Waals surface area contributed by atoms with Gasteiger partial charge in [-0.15, -0.1) is 5.10 Å². The van der Waals surface area contributed by atoms with Crippen LogP contribution in [0.4, 0.5) is 0 Å². The van der Waals surface area contributed by atoms with Gasteiger partial charge in [0.05, 0.1) is 17.2 Å². The molecule has 0 aliphatic carbocycles. The lowest BCUT2D eigenvalue weighted by atomic mass is 10.2. The second kappa shape index (κ2) is 6.37. The van der Waals surface area contributed by atoms with Crippen molar-refractivity contribution in [1.29, 1.82) is 0 Å². The highest BCUT2D eigenvalue weighted by Crippen LogP contribution is 2.21. The minimum atomic E-state index is -0.557. The van der Waals surface area contributed by atoms with Gasteiger partial charge in [-0.05, 0) is 18.3 Å². The molecule has 0 bridgehead atoms. The van der Waals surface area contributed by atoms with Crippen LogP contribution >= 0.6 is 35.4 Å². The van der Waals surface area contributed by atoms with Crippen LogP contribution in [-0.4, -0.2) is 51.1 Å². The van der Waals surface area contributed by atoms with E-state index >= 15 is 0 Å². The van der Waals surface area contributed by atoms with Crippen molar-refractivity contribution in [2.75, 3.05) is 13.7 Å². The van der Waals surface area contributed by atoms with Crippen molar-refractivity contribution in [3.05, 3.63) is 27.1 Å². The van der Waals surface area contributed by atoms with E-state index in [-0.39, 0.29) is 5.97 Å². The number of aliphatic hydroxyl groups is 1. The summed E-state index contributed by atoms with van der Waals surface area (Å²) in [5.74, 6) is -0.354. The number of likely N-dealkylation sites (tertiary alicyclic amines) is 1. The highest BCUT2D eigenvalue weighted by atomic mass is 35.5. The van der Waals surface area contributed by atoms with E-state index in [4.69, 9.17) is 40.2 Å². The molecule has 0 aromatic carbocycles. The summed E-state index contributed by atoms with van der Waals surface area (Å²) in [6, 6.07) is 1.15. The SMILES string of the molecule is COC(=O)[C@@H]1C[C@@H](O)C[NH+]1Cn1nc2c(Cl)cc(Cl)cn2c1=S. The van der Waals surface area contributed by atoms with Gasteiger partial charge < -0.3 is 14.7 Å². The van der Waals surface area contributed by atoms with E-state index < -0.39 is 12.1 Å². The van der Waals surface area contributed by atoms with Gasteiger partial charge in [0.2, 0.25) is 4.77 Å². The third-order valence-electron chi connectivity index (χ3n) is 3.94. The molecular weight excluding hydrogens is 363 g/mol. The smallest absolute Gasteiger partial charge is 0.364 e. The Morgan fingerprint density at radius 2 is 2.35 bits per heavy atom. The van der Waals surface area contributed by atoms with E-state index in [9.17, 15) is 9.90 Å². The maximum atomic E-state index is 11.9. The number of ether oxygens (including phenoxy) is 1. The summed E-state index contributed by atoms with van der Waals surface area (Å²) in [4.78, 5) is 12.7. The summed E-state index contributed by atoms with van der Waals surface area (Å²) in [6.45, 7) is 0.745. The highest BCUT2D eigenvalue weighted by Gasteiger charge is 2.41. The molecular formula is C13H15Cl2N4O3S+. The number of esters is 1. The number of aliphatic hydroxyl groups excluding tert-OH is 1. The fourth-order valence-electron chi connectivity index (χ4n) is 2.89. The molecule has 124 valence electrons. The average Bonchev–Trinajstić information content (AvgIpc) is 3.01. The minimum absolute atomic E-state index is 0.325. The number of hydrogen-bond donors (Lipinski definition) is 2. The monoisotopic (exact) mass is 377 g/mol. The third-order valence-corrected chi connectivity index (χ3v) is 4.83. The standard InChI is InChI=1S/C13H14Cl2N4O3S/c1-22-12(21)10-3-8(20)5-17(10)6-19-13(23)18-4-7(14)2-9(15)11(18)16-19/h2,4,8,10,20H,3,5-6H2,1H3/p+1/t8-,10+/m1/s1. The Kier molecular flexibility index (Phi) is 4.61. The van der Waals surface area contributed by atoms with Crippen molar-refractivity contribution in [1.82, 2.24) is 14.2 Å². The quantitative estimate of drug-likeness (QED) is 0.595. The van der Waals surface area contributed by atoms with Gasteiger partial charge in [0.25, 0.3) is 0 Å². The van der Waals surface area contributed by atoms with Gasteiger partial charge in [0.1, 0.15) is 12.6 Å². The molecule has 1 aliphatic rings. The molecule has 2 N–H and O–H groups in total. The van der Waals surface area contributed by atoms with Crippen LogP contribution in [0.5, 0.6) is 0 Å². The normalized spacial score (nSPS) is 24.3. The number of hydrogen-bond acceptors (Lipinski definition) is 5. The lowest BCUT2D eigenvalue weighted by Crippen LogP contribution is -3.14. The molecule has 10 heteroatoms. The molecule has 7 nitrogen and oxygen atoms in total. The van der Waals surface area contributed by atoms with Gasteiger partial charge in [0.15, 0.2) is 18.4 Å². The van der Waals surface area contributed by atoms with E-state index in [1.807, 2.05) is 0 Å². The number of pyridine rings is 1. The summed E-state index contributed by atoms with van der Waals surface area (Å²) >= 11 is 17.5. The Morgan fingerprint density at radius 1 is 1.61 bits per heavy atom. The molecule has 0 spiro atoms. The highest BCUT2D eigenvalue weighted by molar-refractivity contribution is 7.71. The molecule has 3 rings (SSSR count). The number of fused-ring (bicyclic) bond motifs is 1. The number of methoxy groups -OCH3 is 1. The van der Waals surface area contributed by atoms with Crippen LogP contribution in [-0.2, 0) is 16.2 Å². The molecule has 1 aliphatic heterocycles. The second-order valence-corrected chi connectivity index (χ2v) is 6.68. The van der Waals surface area contributed by atoms with Gasteiger partial charge in [-0.1, -0.05) is 23.2 Å². The van der Waals surface area contributed by atoms with Gasteiger partial charge >= 0.3 is 5.97 Å². The molecule has 3 heterocycles. The molecule has 1 saturated heterocycles. The zero-order valence-corrected chi connectivity index (χ0v) is 14.5. The van der Waals surface area contributed by atoms with Crippen LogP contribution in [0.25, 0.3) is 5.65 Å². The van der Waals surface area contributed by atoms with Gasteiger partial charge in [-0.25, -0.2) is 4.79 Å². The van der Waals surface area contributed by atoms with Crippen molar-refractivity contribution in [2.24, 2.45) is 0 Å². The Morgan fingerprint density at radius 3 is 3.04 bits per heavy atom. The first kappa shape index (κ1) is 16.7. The summed E-state index contributed by atoms with van der Waals surface area (Å²) < 4.78 is 8.43. The van der Waals surface area contributed by atoms with Crippen LogP contribution in [0, 0.1) is 4.77 Å². The first-order valence-corrected chi connectivity index (χ1v) is 8.12. The Balaban J connectivity index is 1.95. The lowest BCUT2D eigenvalue weighted by Gasteiger charge is -2.18. The van der Waals surface area contributed by atoms with Crippen LogP contribution in [0.1, 0.15) is 6.42 Å². The molecule has 2 aromatic heterocycles. The molecule has 23 heavy (non-hydrogen) atoms. The number of quaternary nitrogens is 1. The molecule has 3 atom stereocenters. The number of nitrogens with one attached hydrogen (secondary N) is 1. The van der Waals surface area contributed by atoms with E-state index in [1.54, 1.807) is 21.3 Å². The van der Waals surface area contributed by atoms with Crippen LogP contribution < -0.4 is 4.90 Å². The van der Waals surface area contributed by atoms with Crippen molar-refractivity contribution in [3.8, 4) is 0 Å². The summed E-state index contributed by atoms with van der Waals surface area (Å²) in [6.07, 6.45) is 1.44. The Bertz CT molecular complexity index is 821. The predicted molar refractivity (Wildman–Crippen MR) is 86.3 cm³/mol. The van der Waals surface area contributed by atoms with Crippen molar-refractivity contribution in [2.45, 2.75) is 25.2 Å². The number of carbonyl (C=O) groups is 1. The molecule has 0 saturated carbocycles. The second-order valence-electron chi connectivity index (χ2n) is 5.47. The molecule has 1 fully saturated rings. The topological polar surface area (TPSA) is 73.2 Å². The number of aromatic nitrogens is 3. The molecule has 0 amide bonds. The first-order chi connectivity index (χ1) is 10.9. The van der Waals surface area contributed by atoms with E-state index in [0.29, 0.717) is 40.1 Å². The Labute approximate surface area is 147 Å². The molecule has 2 aromatic rings. The predicted octanol–water partition coefficient (Wildman–Crippen LogP) is 0.321. The number of nitrogens with zero attached hydrogens (tertiary/aromatic N) is 3. The number of rotatable bonds is 3. The average molecular weight is 378 g/mol. The van der Waals surface area contributed by atoms with Crippen LogP contribution in [0.2, 0.25) is 10.0 Å². The molecule has 0 radical (unpaired) electrons. The lowest BCUT2D eigenvalue weighted by molar-refractivity contribution is -0.928. The zero-order chi connectivity index (χ0) is 16.7. The maximum absolute atomic E-state index is 11.9. The van der Waals surface area contributed by atoms with Crippen molar-refractivity contribution in [3.63, 3.8) is 0 Å². The maximum Gasteiger partial charge on any atom is 0.364 e. The number of halogens is 2. The zero-order valence-electron chi connectivity index (χ0n) is 12.2. The first-order valence-electron chi connectivity index (χ1n) is 6.95. The third kappa shape index (κ3) is 3.09. The summed E-state index contributed by atoms with van der Waals surface area (Å²) in [7, 11) is 1.34. The summed E-state index contributed by atoms with van der Waals surface area (Å²) in [5, 5.41) is 15.1. The van der Waals surface area contributed by atoms with E-state index in [0.717, 1.165) is 4.90 Å². The van der Waals surface area contributed by atoms with E-state index in [1.165, 1.54) is 7.11 Å². The Hall–Kier alpha value is -1.19. The fourth-order valence-corrected chi connectivity index (χ4v) is 3.64. The van der Waals surface area contributed by atoms with Crippen LogP contribution in [0.15, 0.2) is 12.3 Å². The number of carbonyl (C=O) groups excluding carboxylic acids is 1. The van der Waals surface area contributed by atoms with Crippen molar-refractivity contribution >= 4 is 47.0 Å². The van der Waals surface area contributed by atoms with Gasteiger partial charge in [-0.2, -0.15) is 4.68 Å². The van der Waals surface area contributed by atoms with Gasteiger partial charge in [0, 0.05) is 12.6 Å². The fraction of sp³-hybridized carbons (Fsp3) is 0.462. The van der Waals surface area contributed by atoms with E-state index in [2.05, 4.69) is 5.10 Å². The molecule has 1 unspecified atom stereocenters.